The number of nitrogens with zero attached hydrogens (tertiary/aromatic N) is 4. The van der Waals surface area contributed by atoms with Crippen LogP contribution in [0, 0.1) is 0 Å². The van der Waals surface area contributed by atoms with Crippen LogP contribution in [0.3, 0.4) is 0 Å². The largest absolute Gasteiger partial charge is 0.365 e. The number of pyridine rings is 1. The Labute approximate surface area is 201 Å². The molecule has 188 valence electrons. The molecule has 5 rings (SSSR count). The number of nitrogens with two attached hydrogens (primary N) is 1. The molecule has 36 heavy (non-hydrogen) atoms. The number of anilines is 1. The van der Waals surface area contributed by atoms with Crippen LogP contribution in [-0.4, -0.2) is 31.4 Å². The van der Waals surface area contributed by atoms with Crippen LogP contribution in [0.4, 0.5) is 32.0 Å². The Hall–Kier alpha value is -3.75. The third kappa shape index (κ3) is 4.12. The SMILES string of the molecule is NC(=O)c1sc2nc(C(F)F)cc(C3CC3)c2c1NC(=O)c1cc2nc(C(F)F)cc(C(F)F)n2n1. The fraction of sp³-hybridized carbons (Fsp3) is 0.286. The summed E-state index contributed by atoms with van der Waals surface area (Å²) in [6.07, 6.45) is -7.78. The minimum absolute atomic E-state index is 0.0667. The van der Waals surface area contributed by atoms with Crippen molar-refractivity contribution < 1.29 is 35.9 Å². The van der Waals surface area contributed by atoms with Gasteiger partial charge in [0.2, 0.25) is 0 Å². The molecule has 0 atom stereocenters. The van der Waals surface area contributed by atoms with Gasteiger partial charge >= 0.3 is 0 Å². The first-order valence-corrected chi connectivity index (χ1v) is 11.2. The normalized spacial score (nSPS) is 14.0. The van der Waals surface area contributed by atoms with E-state index in [0.29, 0.717) is 29.0 Å². The maximum absolute atomic E-state index is 13.4. The summed E-state index contributed by atoms with van der Waals surface area (Å²) in [7, 11) is 0. The Morgan fingerprint density at radius 1 is 1.00 bits per heavy atom. The lowest BCUT2D eigenvalue weighted by Gasteiger charge is -2.09. The third-order valence-corrected chi connectivity index (χ3v) is 6.67. The van der Waals surface area contributed by atoms with Crippen LogP contribution in [0.2, 0.25) is 0 Å². The zero-order chi connectivity index (χ0) is 25.9. The third-order valence-electron chi connectivity index (χ3n) is 5.57. The molecule has 1 aliphatic rings. The Morgan fingerprint density at radius 3 is 2.25 bits per heavy atom. The van der Waals surface area contributed by atoms with E-state index >= 15 is 0 Å². The number of carbonyl (C=O) groups is 2. The first-order chi connectivity index (χ1) is 17.0. The molecule has 0 bridgehead atoms. The summed E-state index contributed by atoms with van der Waals surface area (Å²) in [6.45, 7) is 0. The summed E-state index contributed by atoms with van der Waals surface area (Å²) in [5.41, 5.74) is 2.67. The van der Waals surface area contributed by atoms with E-state index in [4.69, 9.17) is 5.73 Å². The van der Waals surface area contributed by atoms with Crippen LogP contribution >= 0.6 is 11.3 Å². The van der Waals surface area contributed by atoms with E-state index in [1.807, 2.05) is 0 Å². The smallest absolute Gasteiger partial charge is 0.280 e. The summed E-state index contributed by atoms with van der Waals surface area (Å²) in [5.74, 6) is -2.02. The summed E-state index contributed by atoms with van der Waals surface area (Å²) < 4.78 is 80.4. The molecule has 0 aromatic carbocycles. The highest BCUT2D eigenvalue weighted by molar-refractivity contribution is 7.21. The first kappa shape index (κ1) is 24.0. The molecule has 0 radical (unpaired) electrons. The van der Waals surface area contributed by atoms with Crippen LogP contribution in [0.5, 0.6) is 0 Å². The van der Waals surface area contributed by atoms with Crippen LogP contribution < -0.4 is 11.1 Å². The van der Waals surface area contributed by atoms with Gasteiger partial charge < -0.3 is 11.1 Å². The van der Waals surface area contributed by atoms with E-state index in [1.165, 1.54) is 6.07 Å². The summed E-state index contributed by atoms with van der Waals surface area (Å²) in [6, 6.07) is 2.64. The number of carbonyl (C=O) groups excluding carboxylic acids is 2. The topological polar surface area (TPSA) is 115 Å². The maximum atomic E-state index is 13.4. The zero-order valence-electron chi connectivity index (χ0n) is 17.8. The summed E-state index contributed by atoms with van der Waals surface area (Å²) in [5, 5.41) is 6.49. The Kier molecular flexibility index (Phi) is 5.81. The number of hydrogen-bond donors (Lipinski definition) is 2. The molecule has 0 saturated heterocycles. The number of aromatic nitrogens is 4. The van der Waals surface area contributed by atoms with Crippen molar-refractivity contribution in [1.29, 1.82) is 0 Å². The lowest BCUT2D eigenvalue weighted by Crippen LogP contribution is -2.17. The minimum Gasteiger partial charge on any atom is -0.365 e. The predicted molar refractivity (Wildman–Crippen MR) is 116 cm³/mol. The van der Waals surface area contributed by atoms with Crippen molar-refractivity contribution >= 4 is 44.7 Å². The molecule has 0 unspecified atom stereocenters. The van der Waals surface area contributed by atoms with Crippen LogP contribution in [0.1, 0.15) is 80.8 Å². The van der Waals surface area contributed by atoms with Crippen molar-refractivity contribution in [2.45, 2.75) is 38.0 Å². The van der Waals surface area contributed by atoms with Gasteiger partial charge in [-0.2, -0.15) is 5.10 Å². The number of primary amides is 1. The highest BCUT2D eigenvalue weighted by Crippen LogP contribution is 2.48. The number of halogens is 6. The van der Waals surface area contributed by atoms with Gasteiger partial charge in [-0.25, -0.2) is 40.8 Å². The fourth-order valence-corrected chi connectivity index (χ4v) is 4.86. The number of thiophene rings is 1. The van der Waals surface area contributed by atoms with Crippen molar-refractivity contribution in [1.82, 2.24) is 19.6 Å². The zero-order valence-corrected chi connectivity index (χ0v) is 18.6. The van der Waals surface area contributed by atoms with Crippen LogP contribution in [0.15, 0.2) is 18.2 Å². The molecule has 1 fully saturated rings. The van der Waals surface area contributed by atoms with Gasteiger partial charge in [-0.1, -0.05) is 0 Å². The van der Waals surface area contributed by atoms with E-state index in [1.54, 1.807) is 0 Å². The van der Waals surface area contributed by atoms with Gasteiger partial charge in [0, 0.05) is 11.5 Å². The van der Waals surface area contributed by atoms with Crippen molar-refractivity contribution in [3.05, 3.63) is 51.4 Å². The van der Waals surface area contributed by atoms with Crippen LogP contribution in [-0.2, 0) is 0 Å². The molecule has 4 aromatic heterocycles. The second-order valence-electron chi connectivity index (χ2n) is 8.02. The predicted octanol–water partition coefficient (Wildman–Crippen LogP) is 5.38. The molecule has 0 spiro atoms. The van der Waals surface area contributed by atoms with E-state index in [-0.39, 0.29) is 26.7 Å². The quantitative estimate of drug-likeness (QED) is 0.313. The number of alkyl halides is 6. The van der Waals surface area contributed by atoms with Gasteiger partial charge in [0.25, 0.3) is 31.1 Å². The molecule has 4 heterocycles. The van der Waals surface area contributed by atoms with E-state index in [0.717, 1.165) is 17.4 Å². The molecule has 8 nitrogen and oxygen atoms in total. The second kappa shape index (κ2) is 8.72. The summed E-state index contributed by atoms with van der Waals surface area (Å²) in [4.78, 5) is 32.5. The molecule has 0 aliphatic heterocycles. The van der Waals surface area contributed by atoms with Gasteiger partial charge in [0.1, 0.15) is 26.8 Å². The van der Waals surface area contributed by atoms with Crippen molar-refractivity contribution in [3.63, 3.8) is 0 Å². The second-order valence-corrected chi connectivity index (χ2v) is 9.02. The molecule has 3 N–H and O–H groups in total. The molecule has 15 heteroatoms. The maximum Gasteiger partial charge on any atom is 0.280 e. The minimum atomic E-state index is -3.19. The number of fused-ring (bicyclic) bond motifs is 2. The van der Waals surface area contributed by atoms with Crippen LogP contribution in [0.25, 0.3) is 15.9 Å². The van der Waals surface area contributed by atoms with E-state index in [9.17, 15) is 35.9 Å². The monoisotopic (exact) mass is 528 g/mol. The highest BCUT2D eigenvalue weighted by atomic mass is 32.1. The Morgan fingerprint density at radius 2 is 1.67 bits per heavy atom. The molecule has 4 aromatic rings. The molecular weight excluding hydrogens is 514 g/mol. The van der Waals surface area contributed by atoms with Gasteiger partial charge in [-0.05, 0) is 36.5 Å². The molecule has 2 amide bonds. The van der Waals surface area contributed by atoms with E-state index < -0.39 is 59.5 Å². The van der Waals surface area contributed by atoms with Crippen molar-refractivity contribution in [3.8, 4) is 0 Å². The number of nitrogens with one attached hydrogen (secondary N) is 1. The van der Waals surface area contributed by atoms with Crippen molar-refractivity contribution in [2.24, 2.45) is 5.73 Å². The summed E-state index contributed by atoms with van der Waals surface area (Å²) >= 11 is 0.722. The van der Waals surface area contributed by atoms with Gasteiger partial charge in [-0.15, -0.1) is 11.3 Å². The van der Waals surface area contributed by atoms with E-state index in [2.05, 4.69) is 20.4 Å². The standard InChI is InChI=1S/C21H14F6N6O2S/c22-16(23)8-3-7(6-1-2-6)13-14(15(19(28)34)36-21(13)30-8)31-20(35)10-5-12-29-9(17(24)25)4-11(18(26)27)33(12)32-10/h3-6,16-18H,1-2H2,(H2,28,34)(H,31,35). The number of hydrogen-bond acceptors (Lipinski definition) is 6. The van der Waals surface area contributed by atoms with Crippen molar-refractivity contribution in [2.75, 3.05) is 5.32 Å². The molecular formula is C21H14F6N6O2S. The van der Waals surface area contributed by atoms with Gasteiger partial charge in [0.15, 0.2) is 11.3 Å². The Balaban J connectivity index is 1.62. The average Bonchev–Trinajstić information content (AvgIpc) is 3.46. The highest BCUT2D eigenvalue weighted by Gasteiger charge is 2.32. The first-order valence-electron chi connectivity index (χ1n) is 10.4. The van der Waals surface area contributed by atoms with Gasteiger partial charge in [-0.3, -0.25) is 9.59 Å². The lowest BCUT2D eigenvalue weighted by molar-refractivity contribution is 0.100. The Bertz CT molecular complexity index is 1530. The number of amides is 2. The lowest BCUT2D eigenvalue weighted by atomic mass is 10.0. The fourth-order valence-electron chi connectivity index (χ4n) is 3.84. The average molecular weight is 528 g/mol. The van der Waals surface area contributed by atoms with Gasteiger partial charge in [0.05, 0.1) is 5.69 Å². The number of rotatable bonds is 7. The molecule has 1 aliphatic carbocycles. The molecule has 1 saturated carbocycles.